The summed E-state index contributed by atoms with van der Waals surface area (Å²) in [6.45, 7) is 0. The van der Waals surface area contributed by atoms with Crippen molar-refractivity contribution in [1.29, 1.82) is 0 Å². The molecule has 0 aliphatic rings. The van der Waals surface area contributed by atoms with Crippen molar-refractivity contribution in [1.82, 2.24) is 0 Å². The number of fused-ring (bicyclic) bond motifs is 1. The predicted molar refractivity (Wildman–Crippen MR) is 48.3 cm³/mol. The van der Waals surface area contributed by atoms with Gasteiger partial charge in [0, 0.05) is 15.9 Å². The summed E-state index contributed by atoms with van der Waals surface area (Å²) in [6.07, 6.45) is 0. The lowest BCUT2D eigenvalue weighted by Crippen LogP contribution is -1.75. The SMILES string of the molecule is Nc1cc2cc(Br)ccc2o1. The Labute approximate surface area is 72.1 Å². The van der Waals surface area contributed by atoms with Crippen LogP contribution in [-0.2, 0) is 0 Å². The van der Waals surface area contributed by atoms with Gasteiger partial charge in [0.05, 0.1) is 0 Å². The highest BCUT2D eigenvalue weighted by Gasteiger charge is 1.99. The van der Waals surface area contributed by atoms with Gasteiger partial charge >= 0.3 is 0 Å². The van der Waals surface area contributed by atoms with Crippen LogP contribution >= 0.6 is 15.9 Å². The smallest absolute Gasteiger partial charge is 0.191 e. The molecule has 0 unspecified atom stereocenters. The molecule has 0 spiro atoms. The Kier molecular flexibility index (Phi) is 1.39. The molecule has 1 heterocycles. The van der Waals surface area contributed by atoms with Gasteiger partial charge in [-0.3, -0.25) is 0 Å². The molecule has 0 aliphatic carbocycles. The van der Waals surface area contributed by atoms with Crippen LogP contribution in [0.2, 0.25) is 0 Å². The van der Waals surface area contributed by atoms with E-state index >= 15 is 0 Å². The lowest BCUT2D eigenvalue weighted by Gasteiger charge is -1.87. The van der Waals surface area contributed by atoms with E-state index in [9.17, 15) is 0 Å². The first kappa shape index (κ1) is 6.73. The Morgan fingerprint density at radius 3 is 2.91 bits per heavy atom. The van der Waals surface area contributed by atoms with Crippen LogP contribution in [-0.4, -0.2) is 0 Å². The van der Waals surface area contributed by atoms with E-state index in [2.05, 4.69) is 15.9 Å². The summed E-state index contributed by atoms with van der Waals surface area (Å²) in [5.41, 5.74) is 6.28. The fourth-order valence-corrected chi connectivity index (χ4v) is 1.41. The second kappa shape index (κ2) is 2.27. The summed E-state index contributed by atoms with van der Waals surface area (Å²) in [6, 6.07) is 7.58. The van der Waals surface area contributed by atoms with Gasteiger partial charge in [-0.2, -0.15) is 0 Å². The average molecular weight is 212 g/mol. The molecule has 0 saturated carbocycles. The number of furan rings is 1. The molecule has 0 atom stereocenters. The molecule has 2 nitrogen and oxygen atoms in total. The highest BCUT2D eigenvalue weighted by Crippen LogP contribution is 2.23. The maximum atomic E-state index is 5.46. The summed E-state index contributed by atoms with van der Waals surface area (Å²) in [4.78, 5) is 0. The van der Waals surface area contributed by atoms with E-state index in [-0.39, 0.29) is 0 Å². The molecule has 11 heavy (non-hydrogen) atoms. The Bertz CT molecular complexity index is 394. The van der Waals surface area contributed by atoms with Crippen LogP contribution in [0.5, 0.6) is 0 Å². The molecule has 1 aromatic carbocycles. The maximum absolute atomic E-state index is 5.46. The third-order valence-electron chi connectivity index (χ3n) is 1.50. The molecule has 0 saturated heterocycles. The molecule has 0 amide bonds. The Balaban J connectivity index is 2.82. The zero-order chi connectivity index (χ0) is 7.84. The normalized spacial score (nSPS) is 10.6. The van der Waals surface area contributed by atoms with Crippen LogP contribution in [0, 0.1) is 0 Å². The first-order valence-electron chi connectivity index (χ1n) is 3.20. The summed E-state index contributed by atoms with van der Waals surface area (Å²) >= 11 is 3.36. The average Bonchev–Trinajstić information content (AvgIpc) is 2.27. The van der Waals surface area contributed by atoms with Gasteiger partial charge in [-0.1, -0.05) is 15.9 Å². The monoisotopic (exact) mass is 211 g/mol. The lowest BCUT2D eigenvalue weighted by atomic mass is 10.3. The molecular weight excluding hydrogens is 206 g/mol. The third kappa shape index (κ3) is 1.12. The molecule has 56 valence electrons. The van der Waals surface area contributed by atoms with Gasteiger partial charge in [-0.25, -0.2) is 0 Å². The van der Waals surface area contributed by atoms with E-state index in [0.717, 1.165) is 15.4 Å². The molecule has 2 N–H and O–H groups in total. The Hall–Kier alpha value is -0.960. The van der Waals surface area contributed by atoms with Crippen LogP contribution in [0.25, 0.3) is 11.0 Å². The standard InChI is InChI=1S/C8H6BrNO/c9-6-1-2-7-5(3-6)4-8(10)11-7/h1-4H,10H2. The number of nitrogen functional groups attached to an aromatic ring is 1. The zero-order valence-electron chi connectivity index (χ0n) is 5.67. The van der Waals surface area contributed by atoms with Gasteiger partial charge in [0.25, 0.3) is 0 Å². The van der Waals surface area contributed by atoms with Crippen LogP contribution < -0.4 is 5.73 Å². The summed E-state index contributed by atoms with van der Waals surface area (Å²) in [7, 11) is 0. The second-order valence-corrected chi connectivity index (χ2v) is 3.25. The highest BCUT2D eigenvalue weighted by molar-refractivity contribution is 9.10. The van der Waals surface area contributed by atoms with E-state index in [1.165, 1.54) is 0 Å². The minimum Gasteiger partial charge on any atom is -0.441 e. The number of hydrogen-bond donors (Lipinski definition) is 1. The molecule has 0 bridgehead atoms. The number of anilines is 1. The minimum atomic E-state index is 0.457. The highest BCUT2D eigenvalue weighted by atomic mass is 79.9. The van der Waals surface area contributed by atoms with Crippen molar-refractivity contribution in [2.75, 3.05) is 5.73 Å². The first-order valence-corrected chi connectivity index (χ1v) is 3.99. The van der Waals surface area contributed by atoms with Crippen molar-refractivity contribution in [2.24, 2.45) is 0 Å². The quantitative estimate of drug-likeness (QED) is 0.729. The number of rotatable bonds is 0. The molecule has 0 aliphatic heterocycles. The molecule has 2 aromatic rings. The van der Waals surface area contributed by atoms with Gasteiger partial charge in [-0.05, 0) is 18.2 Å². The van der Waals surface area contributed by atoms with Crippen molar-refractivity contribution >= 4 is 32.8 Å². The molecule has 1 aromatic heterocycles. The van der Waals surface area contributed by atoms with Crippen molar-refractivity contribution in [3.8, 4) is 0 Å². The largest absolute Gasteiger partial charge is 0.441 e. The number of hydrogen-bond acceptors (Lipinski definition) is 2. The van der Waals surface area contributed by atoms with Crippen molar-refractivity contribution in [3.63, 3.8) is 0 Å². The van der Waals surface area contributed by atoms with Crippen molar-refractivity contribution in [2.45, 2.75) is 0 Å². The van der Waals surface area contributed by atoms with Gasteiger partial charge in [0.15, 0.2) is 5.88 Å². The Morgan fingerprint density at radius 1 is 1.27 bits per heavy atom. The van der Waals surface area contributed by atoms with Crippen LogP contribution in [0.1, 0.15) is 0 Å². The van der Waals surface area contributed by atoms with Crippen molar-refractivity contribution in [3.05, 3.63) is 28.7 Å². The van der Waals surface area contributed by atoms with Crippen LogP contribution in [0.4, 0.5) is 5.88 Å². The van der Waals surface area contributed by atoms with Gasteiger partial charge < -0.3 is 10.2 Å². The van der Waals surface area contributed by atoms with E-state index in [1.807, 2.05) is 18.2 Å². The van der Waals surface area contributed by atoms with E-state index < -0.39 is 0 Å². The first-order chi connectivity index (χ1) is 5.25. The molecule has 0 fully saturated rings. The molecule has 3 heteroatoms. The van der Waals surface area contributed by atoms with E-state index in [0.29, 0.717) is 5.88 Å². The number of nitrogens with two attached hydrogens (primary N) is 1. The Morgan fingerprint density at radius 2 is 2.09 bits per heavy atom. The maximum Gasteiger partial charge on any atom is 0.191 e. The van der Waals surface area contributed by atoms with Gasteiger partial charge in [0.2, 0.25) is 0 Å². The minimum absolute atomic E-state index is 0.457. The predicted octanol–water partition coefficient (Wildman–Crippen LogP) is 2.78. The summed E-state index contributed by atoms with van der Waals surface area (Å²) < 4.78 is 6.21. The topological polar surface area (TPSA) is 39.2 Å². The fourth-order valence-electron chi connectivity index (χ4n) is 1.03. The zero-order valence-corrected chi connectivity index (χ0v) is 7.26. The molecule has 0 radical (unpaired) electrons. The van der Waals surface area contributed by atoms with Crippen molar-refractivity contribution < 1.29 is 4.42 Å². The molecule has 2 rings (SSSR count). The summed E-state index contributed by atoms with van der Waals surface area (Å²) in [5, 5.41) is 1.02. The number of benzene rings is 1. The van der Waals surface area contributed by atoms with Crippen LogP contribution in [0.3, 0.4) is 0 Å². The second-order valence-electron chi connectivity index (χ2n) is 2.33. The van der Waals surface area contributed by atoms with Gasteiger partial charge in [0.1, 0.15) is 5.58 Å². The van der Waals surface area contributed by atoms with E-state index in [4.69, 9.17) is 10.2 Å². The van der Waals surface area contributed by atoms with Crippen LogP contribution in [0.15, 0.2) is 33.2 Å². The summed E-state index contributed by atoms with van der Waals surface area (Å²) in [5.74, 6) is 0.457. The number of halogens is 1. The molecular formula is C8H6BrNO. The third-order valence-corrected chi connectivity index (χ3v) is 1.99. The van der Waals surface area contributed by atoms with E-state index in [1.54, 1.807) is 6.07 Å². The fraction of sp³-hybridized carbons (Fsp3) is 0. The van der Waals surface area contributed by atoms with Gasteiger partial charge in [-0.15, -0.1) is 0 Å². The lowest BCUT2D eigenvalue weighted by molar-refractivity contribution is 0.637.